The van der Waals surface area contributed by atoms with Gasteiger partial charge in [-0.15, -0.1) is 0 Å². The van der Waals surface area contributed by atoms with Crippen LogP contribution in [-0.4, -0.2) is 131 Å². The summed E-state index contributed by atoms with van der Waals surface area (Å²) in [6.45, 7) is 10.5. The molecule has 388 valence electrons. The highest BCUT2D eigenvalue weighted by atomic mass is 16.6. The molecule has 1 atom stereocenters. The van der Waals surface area contributed by atoms with Gasteiger partial charge < -0.3 is 49.7 Å². The third kappa shape index (κ3) is 28.1. The number of nitrogens with zero attached hydrogens (tertiary/aromatic N) is 2. The summed E-state index contributed by atoms with van der Waals surface area (Å²) in [6, 6.07) is 28.0. The van der Waals surface area contributed by atoms with E-state index in [4.69, 9.17) is 28.4 Å². The van der Waals surface area contributed by atoms with E-state index in [2.05, 4.69) is 37.1 Å². The van der Waals surface area contributed by atoms with E-state index >= 15 is 0 Å². The Kier molecular flexibility index (Phi) is 27.4. The molecule has 0 heterocycles. The minimum Gasteiger partial charge on any atom is -0.460 e. The van der Waals surface area contributed by atoms with Crippen LogP contribution >= 0.6 is 0 Å². The predicted octanol–water partition coefficient (Wildman–Crippen LogP) is 8.05. The number of nitrogens with one attached hydrogen (secondary N) is 4. The van der Waals surface area contributed by atoms with Crippen LogP contribution in [0.15, 0.2) is 115 Å². The number of hydrogen-bond acceptors (Lipinski definition) is 13. The van der Waals surface area contributed by atoms with E-state index in [0.29, 0.717) is 84.8 Å². The Labute approximate surface area is 420 Å². The second-order valence-electron chi connectivity index (χ2n) is 18.1. The minimum absolute atomic E-state index is 0.115. The number of esters is 1. The quantitative estimate of drug-likeness (QED) is 0.0267. The Morgan fingerprint density at radius 1 is 0.577 bits per heavy atom. The van der Waals surface area contributed by atoms with Gasteiger partial charge in [-0.3, -0.25) is 14.6 Å². The van der Waals surface area contributed by atoms with E-state index in [0.717, 1.165) is 47.9 Å². The van der Waals surface area contributed by atoms with Crippen LogP contribution in [0, 0.1) is 0 Å². The average Bonchev–Trinajstić information content (AvgIpc) is 3.36. The molecular formula is C54H76N6O11. The number of hydrogen-bond donors (Lipinski definition) is 4. The maximum Gasteiger partial charge on any atom is 0.407 e. The Hall–Kier alpha value is -6.43. The molecule has 4 rings (SSSR count). The molecule has 0 aliphatic heterocycles. The fourth-order valence-corrected chi connectivity index (χ4v) is 7.28. The van der Waals surface area contributed by atoms with E-state index in [1.54, 1.807) is 0 Å². The van der Waals surface area contributed by atoms with Crippen LogP contribution in [0.2, 0.25) is 0 Å². The third-order valence-electron chi connectivity index (χ3n) is 11.0. The number of allylic oxidation sites excluding steroid dienone is 3. The highest BCUT2D eigenvalue weighted by molar-refractivity contribution is 5.70. The van der Waals surface area contributed by atoms with Gasteiger partial charge in [-0.05, 0) is 68.7 Å². The Balaban J connectivity index is 1.33. The SMILES string of the molecule is CC(C)(C)OC(=O)CCCCCC(CN(CCNC(=O)OCc1ccccc1)CCOCCN(CCNC(=O)OCC1=CC=CCC1)CCNC(=O)OCc1ccccc1)NC(=O)OCc1ccccc1. The van der Waals surface area contributed by atoms with Crippen molar-refractivity contribution in [2.75, 3.05) is 78.7 Å². The van der Waals surface area contributed by atoms with Crippen molar-refractivity contribution in [1.29, 1.82) is 0 Å². The molecule has 4 N–H and O–H groups in total. The lowest BCUT2D eigenvalue weighted by Gasteiger charge is -2.28. The van der Waals surface area contributed by atoms with Gasteiger partial charge in [-0.2, -0.15) is 0 Å². The van der Waals surface area contributed by atoms with Crippen LogP contribution in [0.4, 0.5) is 19.2 Å². The molecule has 3 aromatic carbocycles. The number of carbonyl (C=O) groups is 5. The summed E-state index contributed by atoms with van der Waals surface area (Å²) in [5.74, 6) is -0.241. The van der Waals surface area contributed by atoms with E-state index in [9.17, 15) is 24.0 Å². The summed E-state index contributed by atoms with van der Waals surface area (Å²) in [6.07, 6.45) is 8.71. The van der Waals surface area contributed by atoms with Crippen molar-refractivity contribution < 1.29 is 52.4 Å². The topological polar surface area (TPSA) is 195 Å². The van der Waals surface area contributed by atoms with E-state index in [1.165, 1.54) is 0 Å². The van der Waals surface area contributed by atoms with Gasteiger partial charge in [-0.1, -0.05) is 122 Å². The van der Waals surface area contributed by atoms with Crippen LogP contribution in [0.3, 0.4) is 0 Å². The standard InChI is InChI=1S/C54H76N6O11/c1-54(2,3)71-49(61)28-18-8-17-27-48(58-53(65)70-43-47-25-15-7-16-26-47)39-60(34-31-57-52(64)69-42-46-23-13-6-14-24-46)36-38-66-37-35-59(32-29-55-50(62)67-40-44-19-9-4-10-20-44)33-30-56-51(63)68-41-45-21-11-5-12-22-45/h4-7,9-11,13-16,19-21,23-26,48H,8,12,17-18,22,27-43H2,1-3H3,(H,55,62)(H,56,63)(H,57,64)(H,58,65). The number of unbranched alkanes of at least 4 members (excludes halogenated alkanes) is 2. The van der Waals surface area contributed by atoms with Gasteiger partial charge >= 0.3 is 30.3 Å². The zero-order valence-electron chi connectivity index (χ0n) is 41.9. The first-order chi connectivity index (χ1) is 34.4. The van der Waals surface area contributed by atoms with Gasteiger partial charge in [0.05, 0.1) is 13.2 Å². The number of carbonyl (C=O) groups excluding carboxylic acids is 5. The molecule has 0 saturated carbocycles. The predicted molar refractivity (Wildman–Crippen MR) is 271 cm³/mol. The van der Waals surface area contributed by atoms with Crippen molar-refractivity contribution in [2.45, 2.75) is 97.2 Å². The first-order valence-corrected chi connectivity index (χ1v) is 24.8. The van der Waals surface area contributed by atoms with Gasteiger partial charge in [-0.25, -0.2) is 19.2 Å². The lowest BCUT2D eigenvalue weighted by molar-refractivity contribution is -0.154. The maximum atomic E-state index is 13.2. The lowest BCUT2D eigenvalue weighted by Crippen LogP contribution is -2.47. The molecule has 1 aliphatic carbocycles. The molecular weight excluding hydrogens is 909 g/mol. The molecule has 0 spiro atoms. The highest BCUT2D eigenvalue weighted by Gasteiger charge is 2.20. The summed E-state index contributed by atoms with van der Waals surface area (Å²) in [7, 11) is 0. The number of ether oxygens (including phenoxy) is 6. The molecule has 17 nitrogen and oxygen atoms in total. The van der Waals surface area contributed by atoms with Crippen molar-refractivity contribution in [1.82, 2.24) is 31.1 Å². The van der Waals surface area contributed by atoms with Gasteiger partial charge in [0.1, 0.15) is 32.0 Å². The summed E-state index contributed by atoms with van der Waals surface area (Å²) >= 11 is 0. The molecule has 4 amide bonds. The second-order valence-corrected chi connectivity index (χ2v) is 18.1. The maximum absolute atomic E-state index is 13.2. The zero-order valence-corrected chi connectivity index (χ0v) is 41.9. The van der Waals surface area contributed by atoms with Gasteiger partial charge in [0, 0.05) is 71.4 Å². The molecule has 0 aromatic heterocycles. The summed E-state index contributed by atoms with van der Waals surface area (Å²) in [4.78, 5) is 67.5. The highest BCUT2D eigenvalue weighted by Crippen LogP contribution is 2.14. The normalized spacial score (nSPS) is 12.6. The smallest absolute Gasteiger partial charge is 0.407 e. The molecule has 0 fully saturated rings. The molecule has 1 unspecified atom stereocenters. The summed E-state index contributed by atoms with van der Waals surface area (Å²) in [5, 5.41) is 11.5. The lowest BCUT2D eigenvalue weighted by atomic mass is 10.1. The Bertz CT molecular complexity index is 2050. The molecule has 71 heavy (non-hydrogen) atoms. The van der Waals surface area contributed by atoms with E-state index in [1.807, 2.05) is 124 Å². The minimum atomic E-state index is -0.552. The second kappa shape index (κ2) is 34.0. The fraction of sp³-hybridized carbons (Fsp3) is 0.500. The van der Waals surface area contributed by atoms with Crippen molar-refractivity contribution in [3.63, 3.8) is 0 Å². The van der Waals surface area contributed by atoms with Gasteiger partial charge in [0.2, 0.25) is 0 Å². The Morgan fingerprint density at radius 2 is 1.06 bits per heavy atom. The fourth-order valence-electron chi connectivity index (χ4n) is 7.28. The third-order valence-corrected chi connectivity index (χ3v) is 11.0. The van der Waals surface area contributed by atoms with E-state index in [-0.39, 0.29) is 45.0 Å². The number of amides is 4. The summed E-state index contributed by atoms with van der Waals surface area (Å²) < 4.78 is 33.5. The molecule has 0 saturated heterocycles. The summed E-state index contributed by atoms with van der Waals surface area (Å²) in [5.41, 5.74) is 3.12. The first kappa shape index (κ1) is 57.2. The molecule has 0 bridgehead atoms. The van der Waals surface area contributed by atoms with Crippen LogP contribution in [0.25, 0.3) is 0 Å². The molecule has 1 aliphatic rings. The van der Waals surface area contributed by atoms with Crippen molar-refractivity contribution in [3.8, 4) is 0 Å². The average molecular weight is 985 g/mol. The van der Waals surface area contributed by atoms with Crippen LogP contribution in [-0.2, 0) is 53.0 Å². The van der Waals surface area contributed by atoms with Crippen molar-refractivity contribution in [2.24, 2.45) is 0 Å². The largest absolute Gasteiger partial charge is 0.460 e. The molecule has 17 heteroatoms. The number of benzene rings is 3. The molecule has 0 radical (unpaired) electrons. The Morgan fingerprint density at radius 3 is 1.55 bits per heavy atom. The molecule has 3 aromatic rings. The van der Waals surface area contributed by atoms with Gasteiger partial charge in [0.25, 0.3) is 0 Å². The van der Waals surface area contributed by atoms with Crippen molar-refractivity contribution in [3.05, 3.63) is 131 Å². The van der Waals surface area contributed by atoms with Crippen LogP contribution in [0.1, 0.15) is 82.4 Å². The van der Waals surface area contributed by atoms with Crippen LogP contribution in [0.5, 0.6) is 0 Å². The number of rotatable bonds is 32. The van der Waals surface area contributed by atoms with Crippen molar-refractivity contribution >= 4 is 30.3 Å². The first-order valence-electron chi connectivity index (χ1n) is 24.8. The van der Waals surface area contributed by atoms with Crippen LogP contribution < -0.4 is 21.3 Å². The van der Waals surface area contributed by atoms with E-state index < -0.39 is 30.0 Å². The zero-order chi connectivity index (χ0) is 50.8. The monoisotopic (exact) mass is 985 g/mol. The van der Waals surface area contributed by atoms with Gasteiger partial charge in [0.15, 0.2) is 0 Å². The number of alkyl carbamates (subject to hydrolysis) is 4.